The van der Waals surface area contributed by atoms with E-state index in [9.17, 15) is 0 Å². The number of rotatable bonds is 6. The average molecular weight is 339 g/mol. The number of nitrogens with zero attached hydrogens (tertiary/aromatic N) is 2. The molecule has 4 rings (SSSR count). The molecule has 0 spiro atoms. The summed E-state index contributed by atoms with van der Waals surface area (Å²) in [5.74, 6) is 2.54. The van der Waals surface area contributed by atoms with E-state index in [4.69, 9.17) is 9.47 Å². The van der Waals surface area contributed by atoms with Gasteiger partial charge in [0.1, 0.15) is 11.6 Å². The Morgan fingerprint density at radius 3 is 2.72 bits per heavy atom. The summed E-state index contributed by atoms with van der Waals surface area (Å²) in [4.78, 5) is 6.89. The van der Waals surface area contributed by atoms with Gasteiger partial charge in [0.25, 0.3) is 0 Å². The zero-order valence-corrected chi connectivity index (χ0v) is 14.7. The minimum absolute atomic E-state index is 0.722. The number of aromatic nitrogens is 1. The molecule has 0 unspecified atom stereocenters. The molecule has 1 saturated carbocycles. The maximum absolute atomic E-state index is 5.40. The lowest BCUT2D eigenvalue weighted by Crippen LogP contribution is -2.36. The van der Waals surface area contributed by atoms with Crippen LogP contribution < -0.4 is 15.0 Å². The van der Waals surface area contributed by atoms with Crippen LogP contribution in [0.1, 0.15) is 29.9 Å². The third kappa shape index (κ3) is 3.87. The van der Waals surface area contributed by atoms with Gasteiger partial charge in [0, 0.05) is 19.6 Å². The van der Waals surface area contributed by atoms with Crippen LogP contribution in [-0.4, -0.2) is 38.4 Å². The summed E-state index contributed by atoms with van der Waals surface area (Å²) in [6.45, 7) is 4.22. The second-order valence-electron chi connectivity index (χ2n) is 6.69. The highest BCUT2D eigenvalue weighted by Gasteiger charge is 2.26. The van der Waals surface area contributed by atoms with Gasteiger partial charge in [-0.1, -0.05) is 6.07 Å². The molecule has 1 aliphatic carbocycles. The first-order valence-corrected chi connectivity index (χ1v) is 9.03. The van der Waals surface area contributed by atoms with Crippen LogP contribution >= 0.6 is 0 Å². The summed E-state index contributed by atoms with van der Waals surface area (Å²) in [6, 6.07) is 10.6. The number of hydrogen-bond acceptors (Lipinski definition) is 5. The monoisotopic (exact) mass is 339 g/mol. The van der Waals surface area contributed by atoms with Crippen LogP contribution in [0.2, 0.25) is 0 Å². The first kappa shape index (κ1) is 16.2. The zero-order valence-electron chi connectivity index (χ0n) is 14.7. The maximum Gasteiger partial charge on any atom is 0.126 e. The van der Waals surface area contributed by atoms with Gasteiger partial charge in [0.2, 0.25) is 0 Å². The fourth-order valence-corrected chi connectivity index (χ4v) is 3.34. The average Bonchev–Trinajstić information content (AvgIpc) is 3.52. The van der Waals surface area contributed by atoms with Crippen molar-refractivity contribution >= 4 is 11.5 Å². The zero-order chi connectivity index (χ0) is 17.1. The van der Waals surface area contributed by atoms with E-state index in [0.717, 1.165) is 56.0 Å². The number of hydrogen-bond donors (Lipinski definition) is 1. The largest absolute Gasteiger partial charge is 0.497 e. The van der Waals surface area contributed by atoms with E-state index in [1.807, 2.05) is 6.20 Å². The van der Waals surface area contributed by atoms with Gasteiger partial charge < -0.3 is 19.7 Å². The summed E-state index contributed by atoms with van der Waals surface area (Å²) in [5, 5.41) is 3.46. The molecule has 5 heteroatoms. The van der Waals surface area contributed by atoms with Gasteiger partial charge in [-0.3, -0.25) is 0 Å². The smallest absolute Gasteiger partial charge is 0.126 e. The van der Waals surface area contributed by atoms with Crippen LogP contribution in [0, 0.1) is 0 Å². The fourth-order valence-electron chi connectivity index (χ4n) is 3.34. The molecule has 0 bridgehead atoms. The Bertz CT molecular complexity index is 707. The first-order chi connectivity index (χ1) is 12.3. The molecule has 2 aliphatic rings. The molecule has 2 fully saturated rings. The number of nitrogens with one attached hydrogen (secondary N) is 1. The highest BCUT2D eigenvalue weighted by atomic mass is 16.5. The predicted octanol–water partition coefficient (Wildman–Crippen LogP) is 3.42. The van der Waals surface area contributed by atoms with Crippen LogP contribution in [0.5, 0.6) is 5.75 Å². The van der Waals surface area contributed by atoms with Crippen molar-refractivity contribution in [3.05, 3.63) is 47.7 Å². The van der Waals surface area contributed by atoms with Crippen LogP contribution in [-0.2, 0) is 11.3 Å². The normalized spacial score (nSPS) is 17.4. The number of benzene rings is 1. The Kier molecular flexibility index (Phi) is 4.74. The fraction of sp³-hybridized carbons (Fsp3) is 0.450. The van der Waals surface area contributed by atoms with Gasteiger partial charge in [-0.25, -0.2) is 4.98 Å². The Hall–Kier alpha value is -2.27. The third-order valence-corrected chi connectivity index (χ3v) is 4.95. The topological polar surface area (TPSA) is 46.6 Å². The number of pyridine rings is 1. The van der Waals surface area contributed by atoms with Crippen molar-refractivity contribution in [1.29, 1.82) is 0 Å². The van der Waals surface area contributed by atoms with Gasteiger partial charge in [0.05, 0.1) is 32.2 Å². The lowest BCUT2D eigenvalue weighted by Gasteiger charge is -2.28. The standard InChI is InChI=1S/C20H25N3O2/c1-24-18-5-6-19(15-2-3-15)16(12-18)13-21-20-7-4-17(14-22-20)23-8-10-25-11-9-23/h4-7,12,14-15H,2-3,8-11,13H2,1H3,(H,21,22). The SMILES string of the molecule is COc1ccc(C2CC2)c(CNc2ccc(N3CCOCC3)cn2)c1. The summed E-state index contributed by atoms with van der Waals surface area (Å²) in [6.07, 6.45) is 4.54. The Morgan fingerprint density at radius 1 is 1.20 bits per heavy atom. The highest BCUT2D eigenvalue weighted by molar-refractivity contribution is 5.50. The van der Waals surface area contributed by atoms with Crippen molar-refractivity contribution in [2.24, 2.45) is 0 Å². The lowest BCUT2D eigenvalue weighted by atomic mass is 10.0. The molecule has 1 aromatic carbocycles. The predicted molar refractivity (Wildman–Crippen MR) is 99.6 cm³/mol. The van der Waals surface area contributed by atoms with Crippen molar-refractivity contribution in [2.45, 2.75) is 25.3 Å². The van der Waals surface area contributed by atoms with E-state index in [-0.39, 0.29) is 0 Å². The Labute approximate surface area is 149 Å². The highest BCUT2D eigenvalue weighted by Crippen LogP contribution is 2.42. The second-order valence-corrected chi connectivity index (χ2v) is 6.69. The van der Waals surface area contributed by atoms with E-state index < -0.39 is 0 Å². The molecular formula is C20H25N3O2. The molecule has 2 heterocycles. The minimum atomic E-state index is 0.722. The quantitative estimate of drug-likeness (QED) is 0.874. The summed E-state index contributed by atoms with van der Waals surface area (Å²) >= 11 is 0. The van der Waals surface area contributed by atoms with Crippen LogP contribution in [0.4, 0.5) is 11.5 Å². The van der Waals surface area contributed by atoms with Gasteiger partial charge >= 0.3 is 0 Å². The van der Waals surface area contributed by atoms with E-state index in [1.165, 1.54) is 24.0 Å². The molecule has 2 aromatic rings. The molecule has 0 atom stereocenters. The summed E-state index contributed by atoms with van der Waals surface area (Å²) in [5.41, 5.74) is 3.91. The number of ether oxygens (including phenoxy) is 2. The van der Waals surface area contributed by atoms with Crippen molar-refractivity contribution in [2.75, 3.05) is 43.6 Å². The van der Waals surface area contributed by atoms with Crippen molar-refractivity contribution < 1.29 is 9.47 Å². The van der Waals surface area contributed by atoms with Crippen molar-refractivity contribution in [3.63, 3.8) is 0 Å². The molecule has 132 valence electrons. The summed E-state index contributed by atoms with van der Waals surface area (Å²) < 4.78 is 10.8. The number of morpholine rings is 1. The van der Waals surface area contributed by atoms with E-state index in [1.54, 1.807) is 7.11 Å². The van der Waals surface area contributed by atoms with Gasteiger partial charge in [-0.05, 0) is 54.2 Å². The maximum atomic E-state index is 5.40. The van der Waals surface area contributed by atoms with Gasteiger partial charge in [-0.2, -0.15) is 0 Å². The Morgan fingerprint density at radius 2 is 2.04 bits per heavy atom. The second kappa shape index (κ2) is 7.31. The molecular weight excluding hydrogens is 314 g/mol. The van der Waals surface area contributed by atoms with Crippen LogP contribution in [0.25, 0.3) is 0 Å². The molecule has 5 nitrogen and oxygen atoms in total. The Balaban J connectivity index is 1.42. The minimum Gasteiger partial charge on any atom is -0.497 e. The van der Waals surface area contributed by atoms with Crippen molar-refractivity contribution in [3.8, 4) is 5.75 Å². The first-order valence-electron chi connectivity index (χ1n) is 9.03. The molecule has 1 N–H and O–H groups in total. The van der Waals surface area contributed by atoms with E-state index in [0.29, 0.717) is 0 Å². The summed E-state index contributed by atoms with van der Waals surface area (Å²) in [7, 11) is 1.72. The molecule has 1 aliphatic heterocycles. The lowest BCUT2D eigenvalue weighted by molar-refractivity contribution is 0.122. The van der Waals surface area contributed by atoms with Crippen molar-refractivity contribution in [1.82, 2.24) is 4.98 Å². The molecule has 25 heavy (non-hydrogen) atoms. The van der Waals surface area contributed by atoms with Crippen LogP contribution in [0.15, 0.2) is 36.5 Å². The van der Waals surface area contributed by atoms with Crippen LogP contribution in [0.3, 0.4) is 0 Å². The number of methoxy groups -OCH3 is 1. The third-order valence-electron chi connectivity index (χ3n) is 4.95. The van der Waals surface area contributed by atoms with Gasteiger partial charge in [-0.15, -0.1) is 0 Å². The number of anilines is 2. The molecule has 1 saturated heterocycles. The van der Waals surface area contributed by atoms with E-state index in [2.05, 4.69) is 45.5 Å². The molecule has 0 amide bonds. The molecule has 1 aromatic heterocycles. The van der Waals surface area contributed by atoms with Gasteiger partial charge in [0.15, 0.2) is 0 Å². The van der Waals surface area contributed by atoms with E-state index >= 15 is 0 Å². The molecule has 0 radical (unpaired) electrons.